The van der Waals surface area contributed by atoms with Crippen molar-refractivity contribution in [3.63, 3.8) is 0 Å². The number of hydrogen-bond acceptors (Lipinski definition) is 2. The molecule has 0 saturated heterocycles. The Morgan fingerprint density at radius 2 is 2.00 bits per heavy atom. The molecular weight excluding hydrogens is 222 g/mol. The van der Waals surface area contributed by atoms with Crippen molar-refractivity contribution in [1.29, 1.82) is 0 Å². The lowest BCUT2D eigenvalue weighted by Crippen LogP contribution is -2.39. The summed E-state index contributed by atoms with van der Waals surface area (Å²) in [6.45, 7) is 4.23. The SMILES string of the molecule is CC[C@H]1Cc2ccccc2CN1Cc1ccco1. The molecule has 0 saturated carbocycles. The summed E-state index contributed by atoms with van der Waals surface area (Å²) in [5.74, 6) is 1.06. The molecule has 0 spiro atoms. The van der Waals surface area contributed by atoms with Crippen molar-refractivity contribution in [2.75, 3.05) is 0 Å². The fourth-order valence-electron chi connectivity index (χ4n) is 2.83. The molecular formula is C16H19NO. The van der Waals surface area contributed by atoms with E-state index in [0.717, 1.165) is 25.3 Å². The van der Waals surface area contributed by atoms with Gasteiger partial charge in [0.1, 0.15) is 5.76 Å². The third-order valence-electron chi connectivity index (χ3n) is 3.87. The van der Waals surface area contributed by atoms with Gasteiger partial charge in [-0.15, -0.1) is 0 Å². The van der Waals surface area contributed by atoms with Gasteiger partial charge in [0.25, 0.3) is 0 Å². The Kier molecular flexibility index (Phi) is 3.20. The summed E-state index contributed by atoms with van der Waals surface area (Å²) >= 11 is 0. The number of benzene rings is 1. The Hall–Kier alpha value is -1.54. The van der Waals surface area contributed by atoms with Crippen molar-refractivity contribution in [2.45, 2.75) is 38.9 Å². The molecule has 2 heteroatoms. The van der Waals surface area contributed by atoms with Crippen molar-refractivity contribution >= 4 is 0 Å². The topological polar surface area (TPSA) is 16.4 Å². The number of hydrogen-bond donors (Lipinski definition) is 0. The van der Waals surface area contributed by atoms with Crippen LogP contribution in [0.3, 0.4) is 0 Å². The van der Waals surface area contributed by atoms with Crippen molar-refractivity contribution < 1.29 is 4.42 Å². The first-order valence-corrected chi connectivity index (χ1v) is 6.70. The van der Waals surface area contributed by atoms with Crippen LogP contribution in [0, 0.1) is 0 Å². The van der Waals surface area contributed by atoms with Gasteiger partial charge in [0.15, 0.2) is 0 Å². The van der Waals surface area contributed by atoms with E-state index in [4.69, 9.17) is 4.42 Å². The first-order valence-electron chi connectivity index (χ1n) is 6.70. The fraction of sp³-hybridized carbons (Fsp3) is 0.375. The number of fused-ring (bicyclic) bond motifs is 1. The summed E-state index contributed by atoms with van der Waals surface area (Å²) in [5, 5.41) is 0. The van der Waals surface area contributed by atoms with Crippen LogP contribution >= 0.6 is 0 Å². The smallest absolute Gasteiger partial charge is 0.117 e. The predicted octanol–water partition coefficient (Wildman–Crippen LogP) is 3.62. The van der Waals surface area contributed by atoms with Crippen LogP contribution in [0.5, 0.6) is 0 Å². The predicted molar refractivity (Wildman–Crippen MR) is 72.2 cm³/mol. The maximum Gasteiger partial charge on any atom is 0.117 e. The number of rotatable bonds is 3. The molecule has 0 aliphatic carbocycles. The number of nitrogens with zero attached hydrogens (tertiary/aromatic N) is 1. The Morgan fingerprint density at radius 1 is 1.17 bits per heavy atom. The minimum atomic E-state index is 0.630. The van der Waals surface area contributed by atoms with E-state index >= 15 is 0 Å². The van der Waals surface area contributed by atoms with E-state index < -0.39 is 0 Å². The second-order valence-corrected chi connectivity index (χ2v) is 5.02. The molecule has 0 fully saturated rings. The van der Waals surface area contributed by atoms with Gasteiger partial charge in [-0.05, 0) is 36.1 Å². The van der Waals surface area contributed by atoms with Gasteiger partial charge in [-0.3, -0.25) is 4.90 Å². The normalized spacial score (nSPS) is 19.7. The van der Waals surface area contributed by atoms with Gasteiger partial charge >= 0.3 is 0 Å². The molecule has 1 atom stereocenters. The molecule has 0 unspecified atom stereocenters. The molecule has 1 aliphatic heterocycles. The van der Waals surface area contributed by atoms with Crippen LogP contribution < -0.4 is 0 Å². The summed E-state index contributed by atoms with van der Waals surface area (Å²) in [6.07, 6.45) is 4.11. The van der Waals surface area contributed by atoms with Crippen molar-refractivity contribution in [1.82, 2.24) is 4.90 Å². The van der Waals surface area contributed by atoms with Crippen LogP contribution in [0.15, 0.2) is 47.1 Å². The molecule has 18 heavy (non-hydrogen) atoms. The van der Waals surface area contributed by atoms with E-state index in [1.165, 1.54) is 17.5 Å². The maximum absolute atomic E-state index is 5.48. The minimum absolute atomic E-state index is 0.630. The quantitative estimate of drug-likeness (QED) is 0.816. The lowest BCUT2D eigenvalue weighted by molar-refractivity contribution is 0.146. The lowest BCUT2D eigenvalue weighted by atomic mass is 9.92. The molecule has 2 nitrogen and oxygen atoms in total. The van der Waals surface area contributed by atoms with E-state index in [1.54, 1.807) is 6.26 Å². The third kappa shape index (κ3) is 2.21. The molecule has 0 radical (unpaired) electrons. The monoisotopic (exact) mass is 241 g/mol. The maximum atomic E-state index is 5.48. The highest BCUT2D eigenvalue weighted by atomic mass is 16.3. The van der Waals surface area contributed by atoms with Gasteiger partial charge in [-0.25, -0.2) is 0 Å². The highest BCUT2D eigenvalue weighted by molar-refractivity contribution is 5.30. The minimum Gasteiger partial charge on any atom is -0.468 e. The molecule has 1 aromatic carbocycles. The summed E-state index contributed by atoms with van der Waals surface area (Å²) < 4.78 is 5.48. The zero-order valence-electron chi connectivity index (χ0n) is 10.8. The zero-order chi connectivity index (χ0) is 12.4. The van der Waals surface area contributed by atoms with E-state index in [1.807, 2.05) is 6.07 Å². The second kappa shape index (κ2) is 4.99. The van der Waals surface area contributed by atoms with Gasteiger partial charge in [-0.1, -0.05) is 31.2 Å². The van der Waals surface area contributed by atoms with Crippen LogP contribution in [0.1, 0.15) is 30.2 Å². The first kappa shape index (κ1) is 11.5. The Morgan fingerprint density at radius 3 is 2.72 bits per heavy atom. The van der Waals surface area contributed by atoms with Gasteiger partial charge in [-0.2, -0.15) is 0 Å². The van der Waals surface area contributed by atoms with Gasteiger partial charge < -0.3 is 4.42 Å². The van der Waals surface area contributed by atoms with Crippen LogP contribution in [0.25, 0.3) is 0 Å². The fourth-order valence-corrected chi connectivity index (χ4v) is 2.83. The van der Waals surface area contributed by atoms with E-state index in [9.17, 15) is 0 Å². The van der Waals surface area contributed by atoms with Gasteiger partial charge in [0.2, 0.25) is 0 Å². The average Bonchev–Trinajstić information content (AvgIpc) is 2.91. The highest BCUT2D eigenvalue weighted by Gasteiger charge is 2.24. The molecule has 1 aliphatic rings. The molecule has 0 amide bonds. The second-order valence-electron chi connectivity index (χ2n) is 5.02. The average molecular weight is 241 g/mol. The zero-order valence-corrected chi connectivity index (χ0v) is 10.8. The Bertz CT molecular complexity index is 504. The van der Waals surface area contributed by atoms with Gasteiger partial charge in [0, 0.05) is 12.6 Å². The Balaban J connectivity index is 1.82. The summed E-state index contributed by atoms with van der Waals surface area (Å²) in [7, 11) is 0. The number of furan rings is 1. The molecule has 3 rings (SSSR count). The molecule has 1 aromatic heterocycles. The summed E-state index contributed by atoms with van der Waals surface area (Å²) in [6, 6.07) is 13.5. The summed E-state index contributed by atoms with van der Waals surface area (Å²) in [4.78, 5) is 2.53. The summed E-state index contributed by atoms with van der Waals surface area (Å²) in [5.41, 5.74) is 2.98. The van der Waals surface area contributed by atoms with Gasteiger partial charge in [0.05, 0.1) is 12.8 Å². The van der Waals surface area contributed by atoms with Crippen molar-refractivity contribution in [3.8, 4) is 0 Å². The lowest BCUT2D eigenvalue weighted by Gasteiger charge is -2.36. The standard InChI is InChI=1S/C16H19NO/c1-2-15-10-13-6-3-4-7-14(13)11-17(15)12-16-8-5-9-18-16/h3-9,15H,2,10-12H2,1H3/t15-/m0/s1. The van der Waals surface area contributed by atoms with Crippen molar-refractivity contribution in [3.05, 3.63) is 59.5 Å². The van der Waals surface area contributed by atoms with Crippen LogP contribution in [0.2, 0.25) is 0 Å². The van der Waals surface area contributed by atoms with E-state index in [2.05, 4.69) is 42.2 Å². The molecule has 2 heterocycles. The van der Waals surface area contributed by atoms with Crippen LogP contribution in [-0.2, 0) is 19.5 Å². The van der Waals surface area contributed by atoms with E-state index in [-0.39, 0.29) is 0 Å². The van der Waals surface area contributed by atoms with Crippen molar-refractivity contribution in [2.24, 2.45) is 0 Å². The molecule has 2 aromatic rings. The molecule has 94 valence electrons. The third-order valence-corrected chi connectivity index (χ3v) is 3.87. The Labute approximate surface area is 108 Å². The first-order chi connectivity index (χ1) is 8.86. The molecule has 0 N–H and O–H groups in total. The van der Waals surface area contributed by atoms with Crippen LogP contribution in [-0.4, -0.2) is 10.9 Å². The van der Waals surface area contributed by atoms with E-state index in [0.29, 0.717) is 6.04 Å². The van der Waals surface area contributed by atoms with Crippen LogP contribution in [0.4, 0.5) is 0 Å². The highest BCUT2D eigenvalue weighted by Crippen LogP contribution is 2.26. The molecule has 0 bridgehead atoms. The largest absolute Gasteiger partial charge is 0.468 e.